The van der Waals surface area contributed by atoms with Crippen LogP contribution in [0.15, 0.2) is 22.6 Å². The van der Waals surface area contributed by atoms with Gasteiger partial charge in [-0.1, -0.05) is 6.07 Å². The van der Waals surface area contributed by atoms with E-state index < -0.39 is 0 Å². The van der Waals surface area contributed by atoms with Crippen LogP contribution in [0.5, 0.6) is 0 Å². The zero-order valence-corrected chi connectivity index (χ0v) is 13.0. The molecule has 0 unspecified atom stereocenters. The third kappa shape index (κ3) is 3.19. The number of ether oxygens (including phenoxy) is 1. The van der Waals surface area contributed by atoms with E-state index in [1.165, 1.54) is 5.56 Å². The number of aromatic nitrogens is 1. The Bertz CT molecular complexity index is 621. The number of oxazole rings is 1. The SMILES string of the molecule is Cc1ccc2oc(NCCN3CCOCC3(C)C)nc2c1. The van der Waals surface area contributed by atoms with Crippen molar-refractivity contribution >= 4 is 17.1 Å². The van der Waals surface area contributed by atoms with E-state index in [2.05, 4.69) is 36.0 Å². The summed E-state index contributed by atoms with van der Waals surface area (Å²) in [6, 6.07) is 6.64. The van der Waals surface area contributed by atoms with Crippen LogP contribution >= 0.6 is 0 Å². The van der Waals surface area contributed by atoms with E-state index in [0.29, 0.717) is 6.01 Å². The van der Waals surface area contributed by atoms with Crippen LogP contribution in [0.25, 0.3) is 11.1 Å². The van der Waals surface area contributed by atoms with Crippen LogP contribution in [0, 0.1) is 6.92 Å². The highest BCUT2D eigenvalue weighted by molar-refractivity contribution is 5.75. The van der Waals surface area contributed by atoms with E-state index in [-0.39, 0.29) is 5.54 Å². The van der Waals surface area contributed by atoms with Crippen molar-refractivity contribution < 1.29 is 9.15 Å². The number of hydrogen-bond acceptors (Lipinski definition) is 5. The maximum atomic E-state index is 5.70. The molecule has 1 fully saturated rings. The Morgan fingerprint density at radius 1 is 1.38 bits per heavy atom. The Hall–Kier alpha value is -1.59. The van der Waals surface area contributed by atoms with Crippen molar-refractivity contribution in [3.8, 4) is 0 Å². The van der Waals surface area contributed by atoms with Crippen LogP contribution in [0.3, 0.4) is 0 Å². The third-order valence-electron chi connectivity index (χ3n) is 4.02. The number of morpholine rings is 1. The quantitative estimate of drug-likeness (QED) is 0.937. The molecule has 1 N–H and O–H groups in total. The molecule has 5 heteroatoms. The molecule has 5 nitrogen and oxygen atoms in total. The zero-order valence-electron chi connectivity index (χ0n) is 13.0. The van der Waals surface area contributed by atoms with Crippen molar-refractivity contribution in [2.24, 2.45) is 0 Å². The Morgan fingerprint density at radius 2 is 2.24 bits per heavy atom. The van der Waals surface area contributed by atoms with E-state index in [0.717, 1.165) is 43.9 Å². The summed E-state index contributed by atoms with van der Waals surface area (Å²) in [5, 5.41) is 3.28. The number of nitrogens with zero attached hydrogens (tertiary/aromatic N) is 2. The number of anilines is 1. The summed E-state index contributed by atoms with van der Waals surface area (Å²) in [6.07, 6.45) is 0. The summed E-state index contributed by atoms with van der Waals surface area (Å²) in [6.45, 7) is 10.8. The number of nitrogens with one attached hydrogen (secondary N) is 1. The second-order valence-electron chi connectivity index (χ2n) is 6.27. The lowest BCUT2D eigenvalue weighted by Crippen LogP contribution is -2.54. The van der Waals surface area contributed by atoms with E-state index in [4.69, 9.17) is 9.15 Å². The van der Waals surface area contributed by atoms with Crippen molar-refractivity contribution in [3.63, 3.8) is 0 Å². The van der Waals surface area contributed by atoms with Crippen LogP contribution < -0.4 is 5.32 Å². The van der Waals surface area contributed by atoms with Crippen LogP contribution in [-0.4, -0.2) is 48.3 Å². The number of fused-ring (bicyclic) bond motifs is 1. The Morgan fingerprint density at radius 3 is 3.05 bits per heavy atom. The van der Waals surface area contributed by atoms with Crippen LogP contribution in [0.2, 0.25) is 0 Å². The molecule has 21 heavy (non-hydrogen) atoms. The molecule has 2 heterocycles. The normalized spacial score (nSPS) is 19.0. The van der Waals surface area contributed by atoms with Gasteiger partial charge in [0, 0.05) is 25.2 Å². The minimum absolute atomic E-state index is 0.0956. The van der Waals surface area contributed by atoms with Gasteiger partial charge in [-0.25, -0.2) is 0 Å². The number of aryl methyl sites for hydroxylation is 1. The van der Waals surface area contributed by atoms with Crippen molar-refractivity contribution in [2.45, 2.75) is 26.3 Å². The maximum absolute atomic E-state index is 5.70. The Balaban J connectivity index is 1.59. The fourth-order valence-electron chi connectivity index (χ4n) is 2.72. The molecule has 0 spiro atoms. The number of hydrogen-bond donors (Lipinski definition) is 1. The van der Waals surface area contributed by atoms with Gasteiger partial charge in [-0.3, -0.25) is 4.90 Å². The van der Waals surface area contributed by atoms with Gasteiger partial charge in [0.05, 0.1) is 13.2 Å². The molecule has 0 bridgehead atoms. The highest BCUT2D eigenvalue weighted by Gasteiger charge is 2.29. The lowest BCUT2D eigenvalue weighted by molar-refractivity contribution is -0.0488. The summed E-state index contributed by atoms with van der Waals surface area (Å²) >= 11 is 0. The minimum Gasteiger partial charge on any atom is -0.424 e. The number of rotatable bonds is 4. The van der Waals surface area contributed by atoms with E-state index in [9.17, 15) is 0 Å². The summed E-state index contributed by atoms with van der Waals surface area (Å²) in [7, 11) is 0. The molecule has 1 aliphatic heterocycles. The van der Waals surface area contributed by atoms with Gasteiger partial charge < -0.3 is 14.5 Å². The zero-order chi connectivity index (χ0) is 14.9. The molecule has 0 aliphatic carbocycles. The highest BCUT2D eigenvalue weighted by atomic mass is 16.5. The van der Waals surface area contributed by atoms with Crippen molar-refractivity contribution in [1.82, 2.24) is 9.88 Å². The first kappa shape index (κ1) is 14.4. The molecule has 0 radical (unpaired) electrons. The first-order valence-corrected chi connectivity index (χ1v) is 7.48. The maximum Gasteiger partial charge on any atom is 0.295 e. The van der Waals surface area contributed by atoms with Crippen molar-refractivity contribution in [3.05, 3.63) is 23.8 Å². The Kier molecular flexibility index (Phi) is 3.87. The summed E-state index contributed by atoms with van der Waals surface area (Å²) in [5.74, 6) is 0. The van der Waals surface area contributed by atoms with Gasteiger partial charge in [0.1, 0.15) is 5.52 Å². The van der Waals surface area contributed by atoms with Gasteiger partial charge in [-0.05, 0) is 38.5 Å². The van der Waals surface area contributed by atoms with E-state index in [1.807, 2.05) is 18.2 Å². The minimum atomic E-state index is 0.0956. The van der Waals surface area contributed by atoms with Crippen molar-refractivity contribution in [1.29, 1.82) is 0 Å². The third-order valence-corrected chi connectivity index (χ3v) is 4.02. The molecule has 0 saturated carbocycles. The smallest absolute Gasteiger partial charge is 0.295 e. The molecule has 1 aromatic heterocycles. The van der Waals surface area contributed by atoms with Gasteiger partial charge in [0.2, 0.25) is 0 Å². The molecule has 1 aliphatic rings. The second-order valence-corrected chi connectivity index (χ2v) is 6.27. The molecule has 1 aromatic carbocycles. The first-order chi connectivity index (χ1) is 10.0. The average Bonchev–Trinajstić information content (AvgIpc) is 2.82. The highest BCUT2D eigenvalue weighted by Crippen LogP contribution is 2.21. The second kappa shape index (κ2) is 5.66. The van der Waals surface area contributed by atoms with Crippen LogP contribution in [-0.2, 0) is 4.74 Å². The van der Waals surface area contributed by atoms with Gasteiger partial charge in [-0.2, -0.15) is 4.98 Å². The molecule has 1 saturated heterocycles. The fourth-order valence-corrected chi connectivity index (χ4v) is 2.72. The molecule has 3 rings (SSSR count). The van der Waals surface area contributed by atoms with Gasteiger partial charge >= 0.3 is 0 Å². The van der Waals surface area contributed by atoms with Crippen molar-refractivity contribution in [2.75, 3.05) is 38.2 Å². The number of benzene rings is 1. The fraction of sp³-hybridized carbons (Fsp3) is 0.562. The molecular weight excluding hydrogens is 266 g/mol. The lowest BCUT2D eigenvalue weighted by Gasteiger charge is -2.42. The van der Waals surface area contributed by atoms with Gasteiger partial charge in [0.25, 0.3) is 6.01 Å². The van der Waals surface area contributed by atoms with E-state index >= 15 is 0 Å². The molecule has 2 aromatic rings. The first-order valence-electron chi connectivity index (χ1n) is 7.48. The van der Waals surface area contributed by atoms with Crippen LogP contribution in [0.1, 0.15) is 19.4 Å². The summed E-state index contributed by atoms with van der Waals surface area (Å²) in [5.41, 5.74) is 3.02. The summed E-state index contributed by atoms with van der Waals surface area (Å²) in [4.78, 5) is 6.91. The van der Waals surface area contributed by atoms with E-state index in [1.54, 1.807) is 0 Å². The van der Waals surface area contributed by atoms with Gasteiger partial charge in [0.15, 0.2) is 5.58 Å². The molecule has 0 amide bonds. The summed E-state index contributed by atoms with van der Waals surface area (Å²) < 4.78 is 11.2. The molecule has 0 atom stereocenters. The Labute approximate surface area is 125 Å². The lowest BCUT2D eigenvalue weighted by atomic mass is 10.0. The largest absolute Gasteiger partial charge is 0.424 e. The topological polar surface area (TPSA) is 50.5 Å². The monoisotopic (exact) mass is 289 g/mol. The molecule has 114 valence electrons. The standard InChI is InChI=1S/C16H23N3O2/c1-12-4-5-14-13(10-12)18-15(21-14)17-6-7-19-8-9-20-11-16(19,2)3/h4-5,10H,6-9,11H2,1-3H3,(H,17,18). The molecular formula is C16H23N3O2. The average molecular weight is 289 g/mol. The predicted molar refractivity (Wildman–Crippen MR) is 83.7 cm³/mol. The van der Waals surface area contributed by atoms with Crippen LogP contribution in [0.4, 0.5) is 6.01 Å². The van der Waals surface area contributed by atoms with Gasteiger partial charge in [-0.15, -0.1) is 0 Å². The predicted octanol–water partition coefficient (Wildman–Crippen LogP) is 2.66.